The molecule has 0 N–H and O–H groups in total. The molecule has 1 heterocycles. The average molecular weight is 337 g/mol. The highest BCUT2D eigenvalue weighted by molar-refractivity contribution is 7.12. The van der Waals surface area contributed by atoms with E-state index in [-0.39, 0.29) is 4.88 Å². The van der Waals surface area contributed by atoms with E-state index < -0.39 is 28.3 Å². The van der Waals surface area contributed by atoms with Gasteiger partial charge in [0.1, 0.15) is 16.0 Å². The van der Waals surface area contributed by atoms with Crippen LogP contribution in [-0.2, 0) is 21.2 Å². The van der Waals surface area contributed by atoms with Crippen LogP contribution in [0.4, 0.5) is 18.0 Å². The maximum absolute atomic E-state index is 12.7. The summed E-state index contributed by atoms with van der Waals surface area (Å²) >= 11 is 0.429. The fourth-order valence-electron chi connectivity index (χ4n) is 1.58. The van der Waals surface area contributed by atoms with Crippen LogP contribution < -0.4 is 0 Å². The Morgan fingerprint density at radius 3 is 2.05 bits per heavy atom. The van der Waals surface area contributed by atoms with Crippen LogP contribution in [-0.4, -0.2) is 29.9 Å². The number of thiophene rings is 1. The first-order valence-corrected chi connectivity index (χ1v) is 7.23. The molecule has 1 amide bonds. The largest absolute Gasteiger partial charge is 0.444 e. The van der Waals surface area contributed by atoms with Crippen molar-refractivity contribution in [2.24, 2.45) is 0 Å². The molecule has 0 radical (unpaired) electrons. The van der Waals surface area contributed by atoms with Crippen molar-refractivity contribution in [3.05, 3.63) is 21.9 Å². The second kappa shape index (κ2) is 5.91. The summed E-state index contributed by atoms with van der Waals surface area (Å²) in [6, 6.07) is 2.09. The Bertz CT molecular complexity index is 562. The summed E-state index contributed by atoms with van der Waals surface area (Å²) in [5, 5.41) is 0. The molecule has 1 rings (SSSR count). The van der Waals surface area contributed by atoms with E-state index >= 15 is 0 Å². The number of alkyl halides is 3. The van der Waals surface area contributed by atoms with Gasteiger partial charge in [0.25, 0.3) is 0 Å². The molecule has 0 saturated carbocycles. The van der Waals surface area contributed by atoms with Crippen molar-refractivity contribution >= 4 is 23.7 Å². The van der Waals surface area contributed by atoms with Crippen molar-refractivity contribution in [2.75, 3.05) is 7.05 Å². The molecule has 0 aliphatic rings. The number of carbonyl (C=O) groups is 2. The van der Waals surface area contributed by atoms with E-state index in [0.717, 1.165) is 11.0 Å². The molecule has 22 heavy (non-hydrogen) atoms. The Balaban J connectivity index is 3.13. The standard InChI is InChI=1S/C14H18F3NO3S/c1-12(2,3)21-11(20)18(5)13(4,8-19)9-6-7-10(22-9)14(15,16)17/h6-8H,1-5H3. The van der Waals surface area contributed by atoms with Crippen molar-refractivity contribution in [2.45, 2.75) is 45.0 Å². The van der Waals surface area contributed by atoms with Crippen LogP contribution in [0.15, 0.2) is 12.1 Å². The number of carbonyl (C=O) groups excluding carboxylic acids is 2. The monoisotopic (exact) mass is 337 g/mol. The fraction of sp³-hybridized carbons (Fsp3) is 0.571. The molecule has 0 aromatic carbocycles. The minimum atomic E-state index is -4.49. The van der Waals surface area contributed by atoms with E-state index in [4.69, 9.17) is 4.74 Å². The smallest absolute Gasteiger partial charge is 0.425 e. The lowest BCUT2D eigenvalue weighted by Gasteiger charge is -2.34. The molecular weight excluding hydrogens is 319 g/mol. The van der Waals surface area contributed by atoms with Crippen LogP contribution in [0.25, 0.3) is 0 Å². The molecule has 1 aromatic heterocycles. The SMILES string of the molecule is CN(C(=O)OC(C)(C)C)C(C)(C=O)c1ccc(C(F)(F)F)s1. The normalized spacial score (nSPS) is 15.1. The molecule has 0 fully saturated rings. The molecule has 1 aromatic rings. The molecule has 1 atom stereocenters. The molecule has 0 aliphatic heterocycles. The van der Waals surface area contributed by atoms with Gasteiger partial charge in [0.05, 0.1) is 0 Å². The van der Waals surface area contributed by atoms with Gasteiger partial charge in [-0.2, -0.15) is 13.2 Å². The van der Waals surface area contributed by atoms with Gasteiger partial charge in [0, 0.05) is 11.9 Å². The number of nitrogens with zero attached hydrogens (tertiary/aromatic N) is 1. The maximum atomic E-state index is 12.7. The molecule has 0 saturated heterocycles. The minimum absolute atomic E-state index is 0.114. The Hall–Kier alpha value is -1.57. The van der Waals surface area contributed by atoms with Gasteiger partial charge in [-0.15, -0.1) is 11.3 Å². The highest BCUT2D eigenvalue weighted by atomic mass is 32.1. The van der Waals surface area contributed by atoms with Crippen molar-refractivity contribution in [3.8, 4) is 0 Å². The topological polar surface area (TPSA) is 46.6 Å². The zero-order valence-corrected chi connectivity index (χ0v) is 13.8. The molecule has 1 unspecified atom stereocenters. The number of likely N-dealkylation sites (N-methyl/N-ethyl adjacent to an activating group) is 1. The van der Waals surface area contributed by atoms with Crippen LogP contribution in [0.5, 0.6) is 0 Å². The first-order valence-electron chi connectivity index (χ1n) is 6.42. The molecule has 124 valence electrons. The van der Waals surface area contributed by atoms with Gasteiger partial charge in [-0.3, -0.25) is 4.90 Å². The van der Waals surface area contributed by atoms with Gasteiger partial charge in [0.15, 0.2) is 6.29 Å². The highest BCUT2D eigenvalue weighted by Crippen LogP contribution is 2.39. The zero-order chi connectivity index (χ0) is 17.3. The predicted octanol–water partition coefficient (Wildman–Crippen LogP) is 4.05. The summed E-state index contributed by atoms with van der Waals surface area (Å²) in [5.41, 5.74) is -2.31. The third-order valence-corrected chi connectivity index (χ3v) is 4.33. The van der Waals surface area contributed by atoms with Gasteiger partial charge >= 0.3 is 12.3 Å². The average Bonchev–Trinajstić information content (AvgIpc) is 2.84. The van der Waals surface area contributed by atoms with E-state index in [2.05, 4.69) is 0 Å². The number of amides is 1. The van der Waals surface area contributed by atoms with Gasteiger partial charge < -0.3 is 9.53 Å². The molecule has 8 heteroatoms. The summed E-state index contributed by atoms with van der Waals surface area (Å²) in [6.07, 6.45) is -4.84. The summed E-state index contributed by atoms with van der Waals surface area (Å²) < 4.78 is 43.2. The number of aldehydes is 1. The molecule has 4 nitrogen and oxygen atoms in total. The first kappa shape index (κ1) is 18.5. The van der Waals surface area contributed by atoms with Crippen molar-refractivity contribution in [1.29, 1.82) is 0 Å². The van der Waals surface area contributed by atoms with Crippen LogP contribution >= 0.6 is 11.3 Å². The van der Waals surface area contributed by atoms with Crippen LogP contribution in [0.1, 0.15) is 37.4 Å². The van der Waals surface area contributed by atoms with Crippen LogP contribution in [0.2, 0.25) is 0 Å². The van der Waals surface area contributed by atoms with E-state index in [1.807, 2.05) is 0 Å². The van der Waals surface area contributed by atoms with E-state index in [1.54, 1.807) is 20.8 Å². The minimum Gasteiger partial charge on any atom is -0.444 e. The summed E-state index contributed by atoms with van der Waals surface area (Å²) in [4.78, 5) is 23.8. The lowest BCUT2D eigenvalue weighted by atomic mass is 10.0. The molecule has 0 bridgehead atoms. The third kappa shape index (κ3) is 4.00. The number of ether oxygens (including phenoxy) is 1. The quantitative estimate of drug-likeness (QED) is 0.782. The maximum Gasteiger partial charge on any atom is 0.425 e. The molecule has 0 aliphatic carbocycles. The fourth-order valence-corrected chi connectivity index (χ4v) is 2.60. The number of halogens is 3. The van der Waals surface area contributed by atoms with Crippen LogP contribution in [0.3, 0.4) is 0 Å². The van der Waals surface area contributed by atoms with E-state index in [1.165, 1.54) is 20.0 Å². The van der Waals surface area contributed by atoms with Gasteiger partial charge in [0.2, 0.25) is 0 Å². The van der Waals surface area contributed by atoms with E-state index in [0.29, 0.717) is 17.6 Å². The highest BCUT2D eigenvalue weighted by Gasteiger charge is 2.40. The van der Waals surface area contributed by atoms with E-state index in [9.17, 15) is 22.8 Å². The third-order valence-electron chi connectivity index (χ3n) is 2.98. The Kier molecular flexibility index (Phi) is 4.96. The lowest BCUT2D eigenvalue weighted by molar-refractivity contribution is -0.134. The molecule has 0 spiro atoms. The second-order valence-corrected chi connectivity index (χ2v) is 7.05. The number of rotatable bonds is 3. The number of hydrogen-bond acceptors (Lipinski definition) is 4. The Labute approximate surface area is 130 Å². The second-order valence-electron chi connectivity index (χ2n) is 5.97. The zero-order valence-electron chi connectivity index (χ0n) is 12.9. The summed E-state index contributed by atoms with van der Waals surface area (Å²) in [6.45, 7) is 6.34. The van der Waals surface area contributed by atoms with Gasteiger partial charge in [-0.1, -0.05) is 0 Å². The Morgan fingerprint density at radius 1 is 1.18 bits per heavy atom. The van der Waals surface area contributed by atoms with Gasteiger partial charge in [-0.25, -0.2) is 4.79 Å². The van der Waals surface area contributed by atoms with Crippen molar-refractivity contribution in [3.63, 3.8) is 0 Å². The number of hydrogen-bond donors (Lipinski definition) is 0. The predicted molar refractivity (Wildman–Crippen MR) is 76.7 cm³/mol. The summed E-state index contributed by atoms with van der Waals surface area (Å²) in [7, 11) is 1.31. The lowest BCUT2D eigenvalue weighted by Crippen LogP contribution is -2.47. The van der Waals surface area contributed by atoms with Crippen molar-refractivity contribution < 1.29 is 27.5 Å². The summed E-state index contributed by atoms with van der Waals surface area (Å²) in [5.74, 6) is 0. The molecular formula is C14H18F3NO3S. The van der Waals surface area contributed by atoms with Crippen molar-refractivity contribution in [1.82, 2.24) is 4.90 Å². The Morgan fingerprint density at radius 2 is 1.68 bits per heavy atom. The van der Waals surface area contributed by atoms with Crippen LogP contribution in [0, 0.1) is 0 Å². The first-order chi connectivity index (χ1) is 9.81. The van der Waals surface area contributed by atoms with Gasteiger partial charge in [-0.05, 0) is 39.8 Å².